The van der Waals surface area contributed by atoms with Crippen LogP contribution in [0.25, 0.3) is 0 Å². The van der Waals surface area contributed by atoms with Crippen LogP contribution >= 0.6 is 0 Å². The molecule has 1 aromatic rings. The van der Waals surface area contributed by atoms with E-state index in [1.165, 1.54) is 0 Å². The van der Waals surface area contributed by atoms with Crippen LogP contribution in [0, 0.1) is 0 Å². The average Bonchev–Trinajstić information content (AvgIpc) is 3.12. The van der Waals surface area contributed by atoms with Crippen LogP contribution in [0.4, 0.5) is 0 Å². The van der Waals surface area contributed by atoms with Crippen molar-refractivity contribution >= 4 is 5.96 Å². The largest absolute Gasteiger partial charge is 0.492 e. The normalized spacial score (nSPS) is 17.7. The molecule has 0 bridgehead atoms. The maximum absolute atomic E-state index is 5.65. The minimum Gasteiger partial charge on any atom is -0.492 e. The molecule has 1 aromatic carbocycles. The Labute approximate surface area is 144 Å². The summed E-state index contributed by atoms with van der Waals surface area (Å²) in [7, 11) is 0. The number of hydrogen-bond donors (Lipinski definition) is 2. The molecule has 0 saturated carbocycles. The van der Waals surface area contributed by atoms with Gasteiger partial charge in [0.15, 0.2) is 5.96 Å². The lowest BCUT2D eigenvalue weighted by Crippen LogP contribution is -2.39. The van der Waals surface area contributed by atoms with Gasteiger partial charge in [0.25, 0.3) is 0 Å². The second kappa shape index (κ2) is 11.7. The van der Waals surface area contributed by atoms with Crippen LogP contribution in [0.3, 0.4) is 0 Å². The van der Waals surface area contributed by atoms with Gasteiger partial charge in [-0.25, -0.2) is 0 Å². The van der Waals surface area contributed by atoms with E-state index in [2.05, 4.69) is 15.6 Å². The highest BCUT2D eigenvalue weighted by Crippen LogP contribution is 2.11. The smallest absolute Gasteiger partial charge is 0.191 e. The summed E-state index contributed by atoms with van der Waals surface area (Å²) in [4.78, 5) is 4.50. The van der Waals surface area contributed by atoms with E-state index in [9.17, 15) is 0 Å². The van der Waals surface area contributed by atoms with Crippen molar-refractivity contribution < 1.29 is 14.2 Å². The Morgan fingerprint density at radius 1 is 1.25 bits per heavy atom. The molecule has 0 aliphatic carbocycles. The zero-order chi connectivity index (χ0) is 16.9. The molecule has 1 aliphatic rings. The first-order chi connectivity index (χ1) is 11.9. The number of benzene rings is 1. The van der Waals surface area contributed by atoms with E-state index in [-0.39, 0.29) is 6.10 Å². The van der Waals surface area contributed by atoms with Gasteiger partial charge < -0.3 is 24.8 Å². The predicted molar refractivity (Wildman–Crippen MR) is 95.7 cm³/mol. The molecule has 1 atom stereocenters. The van der Waals surface area contributed by atoms with E-state index >= 15 is 0 Å². The van der Waals surface area contributed by atoms with Crippen molar-refractivity contribution in [3.05, 3.63) is 30.3 Å². The molecular formula is C18H29N3O3. The Hall–Kier alpha value is -1.79. The minimum absolute atomic E-state index is 0.274. The molecule has 1 heterocycles. The van der Waals surface area contributed by atoms with Crippen LogP contribution in [-0.2, 0) is 9.47 Å². The van der Waals surface area contributed by atoms with Crippen molar-refractivity contribution in [3.8, 4) is 5.75 Å². The van der Waals surface area contributed by atoms with Crippen molar-refractivity contribution in [1.29, 1.82) is 0 Å². The van der Waals surface area contributed by atoms with Gasteiger partial charge in [-0.1, -0.05) is 18.2 Å². The molecule has 2 rings (SSSR count). The zero-order valence-electron chi connectivity index (χ0n) is 14.5. The Morgan fingerprint density at radius 3 is 2.88 bits per heavy atom. The van der Waals surface area contributed by atoms with Crippen molar-refractivity contribution in [3.63, 3.8) is 0 Å². The fraction of sp³-hybridized carbons (Fsp3) is 0.611. The van der Waals surface area contributed by atoms with Crippen molar-refractivity contribution in [2.45, 2.75) is 25.9 Å². The van der Waals surface area contributed by atoms with Crippen LogP contribution in [0.15, 0.2) is 35.3 Å². The van der Waals surface area contributed by atoms with Crippen LogP contribution in [-0.4, -0.2) is 58.1 Å². The van der Waals surface area contributed by atoms with E-state index in [1.807, 2.05) is 37.3 Å². The maximum atomic E-state index is 5.65. The highest BCUT2D eigenvalue weighted by atomic mass is 16.5. The van der Waals surface area contributed by atoms with Gasteiger partial charge in [-0.3, -0.25) is 4.99 Å². The summed E-state index contributed by atoms with van der Waals surface area (Å²) in [6.45, 7) is 6.92. The fourth-order valence-corrected chi connectivity index (χ4v) is 2.41. The lowest BCUT2D eigenvalue weighted by atomic mass is 10.2. The van der Waals surface area contributed by atoms with Crippen molar-refractivity contribution in [2.75, 3.05) is 46.1 Å². The number of guanidine groups is 1. The number of rotatable bonds is 10. The number of nitrogens with zero attached hydrogens (tertiary/aromatic N) is 1. The summed E-state index contributed by atoms with van der Waals surface area (Å²) >= 11 is 0. The van der Waals surface area contributed by atoms with Gasteiger partial charge in [-0.15, -0.1) is 0 Å². The van der Waals surface area contributed by atoms with E-state index < -0.39 is 0 Å². The average molecular weight is 335 g/mol. The van der Waals surface area contributed by atoms with Gasteiger partial charge in [-0.05, 0) is 31.9 Å². The lowest BCUT2D eigenvalue weighted by molar-refractivity contribution is 0.0200. The van der Waals surface area contributed by atoms with Gasteiger partial charge >= 0.3 is 0 Å². The van der Waals surface area contributed by atoms with Gasteiger partial charge in [0.1, 0.15) is 12.4 Å². The van der Waals surface area contributed by atoms with Crippen molar-refractivity contribution in [2.24, 2.45) is 4.99 Å². The third kappa shape index (κ3) is 7.66. The first-order valence-corrected chi connectivity index (χ1v) is 8.78. The lowest BCUT2D eigenvalue weighted by Gasteiger charge is -2.12. The summed E-state index contributed by atoms with van der Waals surface area (Å²) in [6, 6.07) is 9.80. The number of para-hydroxylation sites is 1. The van der Waals surface area contributed by atoms with E-state index in [0.29, 0.717) is 32.9 Å². The van der Waals surface area contributed by atoms with E-state index in [0.717, 1.165) is 37.7 Å². The van der Waals surface area contributed by atoms with Gasteiger partial charge in [0.2, 0.25) is 0 Å². The summed E-state index contributed by atoms with van der Waals surface area (Å²) in [5.74, 6) is 1.67. The maximum Gasteiger partial charge on any atom is 0.191 e. The number of nitrogens with one attached hydrogen (secondary N) is 2. The summed E-state index contributed by atoms with van der Waals surface area (Å²) in [5.41, 5.74) is 0. The zero-order valence-corrected chi connectivity index (χ0v) is 14.5. The molecule has 24 heavy (non-hydrogen) atoms. The number of aliphatic imine (C=N–C) groups is 1. The highest BCUT2D eigenvalue weighted by molar-refractivity contribution is 5.79. The molecule has 0 amide bonds. The molecule has 2 N–H and O–H groups in total. The Morgan fingerprint density at radius 2 is 2.12 bits per heavy atom. The Bertz CT molecular complexity index is 462. The van der Waals surface area contributed by atoms with Crippen molar-refractivity contribution in [1.82, 2.24) is 10.6 Å². The molecule has 1 aliphatic heterocycles. The summed E-state index contributed by atoms with van der Waals surface area (Å²) in [6.07, 6.45) is 2.52. The fourth-order valence-electron chi connectivity index (χ4n) is 2.41. The standard InChI is InChI=1S/C18H29N3O3/c1-2-19-18(20-10-13-22-15-17-9-6-12-23-17)21-11-14-24-16-7-4-3-5-8-16/h3-5,7-8,17H,2,6,9-15H2,1H3,(H2,19,20,21). The molecule has 0 aromatic heterocycles. The topological polar surface area (TPSA) is 64.1 Å². The molecule has 134 valence electrons. The molecule has 6 nitrogen and oxygen atoms in total. The van der Waals surface area contributed by atoms with Gasteiger partial charge in [-0.2, -0.15) is 0 Å². The summed E-state index contributed by atoms with van der Waals surface area (Å²) < 4.78 is 16.8. The Balaban J connectivity index is 1.57. The summed E-state index contributed by atoms with van der Waals surface area (Å²) in [5, 5.41) is 6.47. The molecule has 1 fully saturated rings. The second-order valence-corrected chi connectivity index (χ2v) is 5.56. The van der Waals surface area contributed by atoms with Crippen LogP contribution in [0.2, 0.25) is 0 Å². The van der Waals surface area contributed by atoms with E-state index in [1.54, 1.807) is 0 Å². The minimum atomic E-state index is 0.274. The molecule has 1 unspecified atom stereocenters. The first-order valence-electron chi connectivity index (χ1n) is 8.78. The molecule has 0 spiro atoms. The third-order valence-corrected chi connectivity index (χ3v) is 3.58. The monoisotopic (exact) mass is 335 g/mol. The quantitative estimate of drug-likeness (QED) is 0.388. The SMILES string of the molecule is CCNC(=NCCOCC1CCCO1)NCCOc1ccccc1. The molecule has 0 radical (unpaired) electrons. The Kier molecular flexibility index (Phi) is 9.04. The molecular weight excluding hydrogens is 306 g/mol. The third-order valence-electron chi connectivity index (χ3n) is 3.58. The van der Waals surface area contributed by atoms with Crippen LogP contribution < -0.4 is 15.4 Å². The predicted octanol–water partition coefficient (Wildman–Crippen LogP) is 1.82. The second-order valence-electron chi connectivity index (χ2n) is 5.56. The van der Waals surface area contributed by atoms with E-state index in [4.69, 9.17) is 14.2 Å². The van der Waals surface area contributed by atoms with Gasteiger partial charge in [0, 0.05) is 13.2 Å². The number of hydrogen-bond acceptors (Lipinski definition) is 4. The first kappa shape index (κ1) is 18.5. The van der Waals surface area contributed by atoms with Crippen LogP contribution in [0.1, 0.15) is 19.8 Å². The van der Waals surface area contributed by atoms with Gasteiger partial charge in [0.05, 0.1) is 32.4 Å². The highest BCUT2D eigenvalue weighted by Gasteiger charge is 2.14. The molecule has 1 saturated heterocycles. The van der Waals surface area contributed by atoms with Crippen LogP contribution in [0.5, 0.6) is 5.75 Å². The number of ether oxygens (including phenoxy) is 3. The molecule has 6 heteroatoms.